The van der Waals surface area contributed by atoms with Crippen molar-refractivity contribution < 1.29 is 0 Å². The standard InChI is InChI=1S/C25H32N2/c1-2-8-23(9-3-1)25(12-14-26-19-25)13-15-27-18-20-10-11-24(27)17-22-7-5-4-6-21(22)16-20/h1-9,20,24,26H,10-19H2. The van der Waals surface area contributed by atoms with E-state index in [1.807, 2.05) is 0 Å². The van der Waals surface area contributed by atoms with Gasteiger partial charge in [0.1, 0.15) is 0 Å². The Morgan fingerprint density at radius 2 is 1.70 bits per heavy atom. The molecule has 2 saturated heterocycles. The molecular weight excluding hydrogens is 328 g/mol. The van der Waals surface area contributed by atoms with Gasteiger partial charge in [-0.3, -0.25) is 4.90 Å². The van der Waals surface area contributed by atoms with Gasteiger partial charge in [-0.1, -0.05) is 54.6 Å². The van der Waals surface area contributed by atoms with Crippen LogP contribution in [0, 0.1) is 5.92 Å². The molecule has 142 valence electrons. The Bertz CT molecular complexity index is 763. The minimum absolute atomic E-state index is 0.334. The molecule has 1 aliphatic carbocycles. The van der Waals surface area contributed by atoms with Crippen LogP contribution in [0.1, 0.15) is 42.4 Å². The van der Waals surface area contributed by atoms with E-state index >= 15 is 0 Å². The van der Waals surface area contributed by atoms with Crippen LogP contribution >= 0.6 is 0 Å². The molecule has 3 atom stereocenters. The van der Waals surface area contributed by atoms with Crippen LogP contribution in [0.15, 0.2) is 54.6 Å². The van der Waals surface area contributed by atoms with E-state index < -0.39 is 0 Å². The fourth-order valence-electron chi connectivity index (χ4n) is 5.87. The summed E-state index contributed by atoms with van der Waals surface area (Å²) in [5.74, 6) is 0.845. The van der Waals surface area contributed by atoms with Crippen LogP contribution in [0.5, 0.6) is 0 Å². The Kier molecular flexibility index (Phi) is 4.79. The summed E-state index contributed by atoms with van der Waals surface area (Å²) in [5, 5.41) is 3.65. The van der Waals surface area contributed by atoms with Gasteiger partial charge in [-0.25, -0.2) is 0 Å². The summed E-state index contributed by atoms with van der Waals surface area (Å²) < 4.78 is 0. The van der Waals surface area contributed by atoms with Crippen molar-refractivity contribution in [2.45, 2.75) is 50.0 Å². The third-order valence-electron chi connectivity index (χ3n) is 7.51. The van der Waals surface area contributed by atoms with Crippen LogP contribution in [-0.2, 0) is 18.3 Å². The van der Waals surface area contributed by atoms with Crippen molar-refractivity contribution in [2.75, 3.05) is 26.2 Å². The molecule has 0 radical (unpaired) electrons. The number of rotatable bonds is 4. The van der Waals surface area contributed by atoms with Gasteiger partial charge in [0, 0.05) is 24.5 Å². The second-order valence-corrected chi connectivity index (χ2v) is 9.09. The predicted octanol–water partition coefficient (Wildman–Crippen LogP) is 4.19. The maximum atomic E-state index is 3.65. The highest BCUT2D eigenvalue weighted by Gasteiger charge is 2.38. The molecule has 27 heavy (non-hydrogen) atoms. The van der Waals surface area contributed by atoms with Crippen LogP contribution in [0.3, 0.4) is 0 Å². The fourth-order valence-corrected chi connectivity index (χ4v) is 5.87. The summed E-state index contributed by atoms with van der Waals surface area (Å²) in [5.41, 5.74) is 5.10. The molecule has 3 heterocycles. The summed E-state index contributed by atoms with van der Waals surface area (Å²) in [6.45, 7) is 4.85. The van der Waals surface area contributed by atoms with Gasteiger partial charge < -0.3 is 5.32 Å². The summed E-state index contributed by atoms with van der Waals surface area (Å²) in [7, 11) is 0. The monoisotopic (exact) mass is 360 g/mol. The average molecular weight is 361 g/mol. The second-order valence-electron chi connectivity index (χ2n) is 9.09. The lowest BCUT2D eigenvalue weighted by molar-refractivity contribution is 0.0923. The third kappa shape index (κ3) is 3.46. The summed E-state index contributed by atoms with van der Waals surface area (Å²) in [6.07, 6.45) is 7.90. The molecular formula is C25H32N2. The van der Waals surface area contributed by atoms with Crippen molar-refractivity contribution in [1.82, 2.24) is 10.2 Å². The lowest BCUT2D eigenvalue weighted by Gasteiger charge is -2.44. The van der Waals surface area contributed by atoms with Gasteiger partial charge in [-0.05, 0) is 74.2 Å². The Hall–Kier alpha value is -1.64. The number of fused-ring (bicyclic) bond motifs is 2. The van der Waals surface area contributed by atoms with Gasteiger partial charge in [-0.15, -0.1) is 0 Å². The zero-order valence-corrected chi connectivity index (χ0v) is 16.4. The highest BCUT2D eigenvalue weighted by molar-refractivity contribution is 5.30. The molecule has 1 N–H and O–H groups in total. The van der Waals surface area contributed by atoms with Crippen molar-refractivity contribution in [3.63, 3.8) is 0 Å². The topological polar surface area (TPSA) is 15.3 Å². The Balaban J connectivity index is 1.34. The molecule has 0 spiro atoms. The van der Waals surface area contributed by atoms with E-state index in [2.05, 4.69) is 64.8 Å². The molecule has 3 unspecified atom stereocenters. The van der Waals surface area contributed by atoms with Gasteiger partial charge in [0.2, 0.25) is 0 Å². The highest BCUT2D eigenvalue weighted by atomic mass is 15.2. The molecule has 2 nitrogen and oxygen atoms in total. The van der Waals surface area contributed by atoms with Crippen LogP contribution in [0.25, 0.3) is 0 Å². The number of hydrogen-bond acceptors (Lipinski definition) is 2. The zero-order valence-electron chi connectivity index (χ0n) is 16.4. The van der Waals surface area contributed by atoms with E-state index in [1.165, 1.54) is 57.2 Å². The van der Waals surface area contributed by atoms with Gasteiger partial charge in [0.05, 0.1) is 0 Å². The van der Waals surface area contributed by atoms with E-state index in [1.54, 1.807) is 11.1 Å². The summed E-state index contributed by atoms with van der Waals surface area (Å²) in [6, 6.07) is 21.2. The van der Waals surface area contributed by atoms with Crippen molar-refractivity contribution in [3.05, 3.63) is 71.3 Å². The van der Waals surface area contributed by atoms with Crippen LogP contribution in [0.2, 0.25) is 0 Å². The van der Waals surface area contributed by atoms with Crippen molar-refractivity contribution in [1.29, 1.82) is 0 Å². The summed E-state index contributed by atoms with van der Waals surface area (Å²) >= 11 is 0. The van der Waals surface area contributed by atoms with E-state index in [0.717, 1.165) is 25.0 Å². The molecule has 0 saturated carbocycles. The van der Waals surface area contributed by atoms with Crippen molar-refractivity contribution in [2.24, 2.45) is 5.92 Å². The van der Waals surface area contributed by atoms with Crippen molar-refractivity contribution >= 4 is 0 Å². The largest absolute Gasteiger partial charge is 0.316 e. The van der Waals surface area contributed by atoms with E-state index in [4.69, 9.17) is 0 Å². The molecule has 0 amide bonds. The first kappa shape index (κ1) is 17.5. The first-order chi connectivity index (χ1) is 13.3. The third-order valence-corrected chi connectivity index (χ3v) is 7.51. The quantitative estimate of drug-likeness (QED) is 0.880. The second kappa shape index (κ2) is 7.41. The lowest BCUT2D eigenvalue weighted by Crippen LogP contribution is -2.48. The maximum absolute atomic E-state index is 3.65. The lowest BCUT2D eigenvalue weighted by atomic mass is 9.75. The zero-order chi connectivity index (χ0) is 18.1. The van der Waals surface area contributed by atoms with Gasteiger partial charge in [-0.2, -0.15) is 0 Å². The maximum Gasteiger partial charge on any atom is 0.0136 e. The SMILES string of the molecule is c1ccc(C2(CCN3CC4CCC3Cc3ccccc3C4)CCNC2)cc1. The smallest absolute Gasteiger partial charge is 0.0136 e. The van der Waals surface area contributed by atoms with E-state index in [9.17, 15) is 0 Å². The normalized spacial score (nSPS) is 30.7. The van der Waals surface area contributed by atoms with Gasteiger partial charge in [0.25, 0.3) is 0 Å². The fraction of sp³-hybridized carbons (Fsp3) is 0.520. The van der Waals surface area contributed by atoms with Gasteiger partial charge in [0.15, 0.2) is 0 Å². The number of nitrogens with one attached hydrogen (secondary N) is 1. The molecule has 2 bridgehead atoms. The van der Waals surface area contributed by atoms with Crippen molar-refractivity contribution in [3.8, 4) is 0 Å². The summed E-state index contributed by atoms with van der Waals surface area (Å²) in [4.78, 5) is 2.85. The number of hydrogen-bond donors (Lipinski definition) is 1. The first-order valence-electron chi connectivity index (χ1n) is 10.9. The minimum Gasteiger partial charge on any atom is -0.316 e. The van der Waals surface area contributed by atoms with E-state index in [0.29, 0.717) is 5.41 Å². The van der Waals surface area contributed by atoms with Gasteiger partial charge >= 0.3 is 0 Å². The molecule has 2 aromatic rings. The minimum atomic E-state index is 0.334. The molecule has 2 fully saturated rings. The van der Waals surface area contributed by atoms with Crippen LogP contribution in [-0.4, -0.2) is 37.1 Å². The highest BCUT2D eigenvalue weighted by Crippen LogP contribution is 2.37. The van der Waals surface area contributed by atoms with Crippen LogP contribution < -0.4 is 5.32 Å². The molecule has 0 aromatic heterocycles. The number of benzene rings is 2. The number of nitrogens with zero attached hydrogens (tertiary/aromatic N) is 1. The predicted molar refractivity (Wildman–Crippen MR) is 112 cm³/mol. The molecule has 2 heteroatoms. The Morgan fingerprint density at radius 1 is 0.926 bits per heavy atom. The molecule has 2 aromatic carbocycles. The Morgan fingerprint density at radius 3 is 2.48 bits per heavy atom. The average Bonchev–Trinajstić information content (AvgIpc) is 3.17. The van der Waals surface area contributed by atoms with E-state index in [-0.39, 0.29) is 0 Å². The number of piperidine rings is 1. The Labute approximate surface area is 164 Å². The molecule has 6 rings (SSSR count). The van der Waals surface area contributed by atoms with Crippen LogP contribution in [0.4, 0.5) is 0 Å². The molecule has 4 aliphatic rings. The first-order valence-corrected chi connectivity index (χ1v) is 10.9. The molecule has 3 aliphatic heterocycles.